The minimum Gasteiger partial charge on any atom is -0.462 e. The second kappa shape index (κ2) is 70.0. The molecule has 83 heavy (non-hydrogen) atoms. The number of hydrogen-bond donors (Lipinski definition) is 0. The number of ether oxygens (including phenoxy) is 3. The minimum absolute atomic E-state index is 0.0828. The quantitative estimate of drug-likeness (QED) is 0.0261. The van der Waals surface area contributed by atoms with Crippen LogP contribution in [-0.4, -0.2) is 37.2 Å². The molecule has 0 aliphatic rings. The van der Waals surface area contributed by atoms with E-state index in [4.69, 9.17) is 14.2 Å². The van der Waals surface area contributed by atoms with Gasteiger partial charge >= 0.3 is 17.9 Å². The Hall–Kier alpha value is -4.45. The zero-order valence-corrected chi connectivity index (χ0v) is 54.2. The van der Waals surface area contributed by atoms with E-state index in [0.717, 1.165) is 128 Å². The Labute approximate surface area is 513 Å². The molecule has 0 saturated heterocycles. The maximum absolute atomic E-state index is 12.9. The van der Waals surface area contributed by atoms with E-state index in [2.05, 4.69) is 154 Å². The van der Waals surface area contributed by atoms with Gasteiger partial charge in [0.25, 0.3) is 0 Å². The maximum atomic E-state index is 12.9. The molecule has 0 heterocycles. The molecule has 0 amide bonds. The molecule has 0 N–H and O–H groups in total. The van der Waals surface area contributed by atoms with Crippen molar-refractivity contribution in [3.8, 4) is 0 Å². The molecule has 0 aliphatic carbocycles. The van der Waals surface area contributed by atoms with Crippen LogP contribution in [0.1, 0.15) is 316 Å². The predicted octanol–water partition coefficient (Wildman–Crippen LogP) is 24.1. The van der Waals surface area contributed by atoms with Crippen LogP contribution in [0.25, 0.3) is 0 Å². The first-order chi connectivity index (χ1) is 41.0. The minimum atomic E-state index is -0.785. The molecule has 1 unspecified atom stereocenters. The number of esters is 3. The van der Waals surface area contributed by atoms with Gasteiger partial charge in [0.05, 0.1) is 0 Å². The summed E-state index contributed by atoms with van der Waals surface area (Å²) in [6.45, 7) is 6.48. The molecule has 0 aromatic heterocycles. The van der Waals surface area contributed by atoms with Crippen LogP contribution in [0.15, 0.2) is 134 Å². The molecule has 0 radical (unpaired) electrons. The van der Waals surface area contributed by atoms with Crippen molar-refractivity contribution in [1.82, 2.24) is 0 Å². The molecule has 0 fully saturated rings. The van der Waals surface area contributed by atoms with Gasteiger partial charge in [-0.1, -0.05) is 309 Å². The van der Waals surface area contributed by atoms with Gasteiger partial charge in [-0.05, 0) is 122 Å². The van der Waals surface area contributed by atoms with Crippen molar-refractivity contribution >= 4 is 17.9 Å². The Morgan fingerprint density at radius 2 is 0.470 bits per heavy atom. The average Bonchev–Trinajstić information content (AvgIpc) is 3.49. The van der Waals surface area contributed by atoms with Crippen LogP contribution in [0.2, 0.25) is 0 Å². The van der Waals surface area contributed by atoms with E-state index in [0.29, 0.717) is 19.3 Å². The molecule has 472 valence electrons. The van der Waals surface area contributed by atoms with Crippen LogP contribution in [0, 0.1) is 0 Å². The summed E-state index contributed by atoms with van der Waals surface area (Å²) in [4.78, 5) is 38.2. The number of carbonyl (C=O) groups is 3. The van der Waals surface area contributed by atoms with Gasteiger partial charge in [0.15, 0.2) is 6.10 Å². The third kappa shape index (κ3) is 68.2. The third-order valence-electron chi connectivity index (χ3n) is 14.6. The standard InChI is InChI=1S/C77H128O6/c1-4-7-10-13-16-18-20-22-24-26-28-30-32-33-34-35-36-37-38-39-40-41-42-43-45-46-48-50-52-54-56-58-61-64-67-70-76(79)82-73-74(72-81-75(78)69-66-63-60-15-12-9-6-3)83-77(80)71-68-65-62-59-57-55-53-51-49-47-44-31-29-27-25-23-21-19-17-14-11-8-5-2/h7,10,16,18,21-24,27-30,33-34,36-37,39-40,42-44,47,74H,4-6,8-9,11-15,17,19-20,25-26,31-32,35,38,41,45-46,48-73H2,1-3H3/b10-7-,18-16-,23-21-,24-22-,29-27-,30-28-,34-33-,37-36-,40-39-,43-42-,47-44-. The number of allylic oxidation sites excluding steroid dienone is 22. The van der Waals surface area contributed by atoms with E-state index in [-0.39, 0.29) is 31.1 Å². The van der Waals surface area contributed by atoms with Gasteiger partial charge in [-0.2, -0.15) is 0 Å². The normalized spacial score (nSPS) is 13.0. The van der Waals surface area contributed by atoms with Crippen molar-refractivity contribution < 1.29 is 28.6 Å². The van der Waals surface area contributed by atoms with Crippen LogP contribution >= 0.6 is 0 Å². The Kier molecular flexibility index (Phi) is 66.3. The maximum Gasteiger partial charge on any atom is 0.306 e. The molecule has 6 heteroatoms. The summed E-state index contributed by atoms with van der Waals surface area (Å²) < 4.78 is 16.9. The van der Waals surface area contributed by atoms with E-state index in [9.17, 15) is 14.4 Å². The lowest BCUT2D eigenvalue weighted by molar-refractivity contribution is -0.167. The molecule has 0 spiro atoms. The molecule has 0 bridgehead atoms. The Morgan fingerprint density at radius 1 is 0.253 bits per heavy atom. The molecule has 1 atom stereocenters. The topological polar surface area (TPSA) is 78.9 Å². The number of rotatable bonds is 62. The molecule has 6 nitrogen and oxygen atoms in total. The van der Waals surface area contributed by atoms with Crippen LogP contribution in [-0.2, 0) is 28.6 Å². The number of unbranched alkanes of at least 4 members (excludes halogenated alkanes) is 29. The molecule has 0 rings (SSSR count). The van der Waals surface area contributed by atoms with Crippen molar-refractivity contribution in [3.05, 3.63) is 134 Å². The van der Waals surface area contributed by atoms with Crippen molar-refractivity contribution in [3.63, 3.8) is 0 Å². The highest BCUT2D eigenvalue weighted by Gasteiger charge is 2.19. The summed E-state index contributed by atoms with van der Waals surface area (Å²) in [5.41, 5.74) is 0. The highest BCUT2D eigenvalue weighted by Crippen LogP contribution is 2.16. The average molecular weight is 1150 g/mol. The molecular weight excluding hydrogens is 1020 g/mol. The van der Waals surface area contributed by atoms with Crippen molar-refractivity contribution in [2.24, 2.45) is 0 Å². The smallest absolute Gasteiger partial charge is 0.306 e. The van der Waals surface area contributed by atoms with Crippen molar-refractivity contribution in [1.29, 1.82) is 0 Å². The summed E-state index contributed by atoms with van der Waals surface area (Å²) in [5, 5.41) is 0. The Morgan fingerprint density at radius 3 is 0.735 bits per heavy atom. The summed E-state index contributed by atoms with van der Waals surface area (Å²) in [6.07, 6.45) is 99.2. The largest absolute Gasteiger partial charge is 0.462 e. The SMILES string of the molecule is CC/C=C\C/C=C\C/C=C\C/C=C\C/C=C\C/C=C\C/C=C\C/C=C\CCCCCCCCCCCCC(=O)OCC(COC(=O)CCCCCCCCC)OC(=O)CCCCCCCCCC/C=C\C/C=C\C/C=C\CCCCCCC. The second-order valence-corrected chi connectivity index (χ2v) is 22.7. The van der Waals surface area contributed by atoms with Crippen LogP contribution in [0.3, 0.4) is 0 Å². The fourth-order valence-electron chi connectivity index (χ4n) is 9.47. The molecule has 0 saturated carbocycles. The summed E-state index contributed by atoms with van der Waals surface area (Å²) >= 11 is 0. The first-order valence-corrected chi connectivity index (χ1v) is 34.7. The highest BCUT2D eigenvalue weighted by atomic mass is 16.6. The first-order valence-electron chi connectivity index (χ1n) is 34.7. The number of carbonyl (C=O) groups excluding carboxylic acids is 3. The summed E-state index contributed by atoms with van der Waals surface area (Å²) in [7, 11) is 0. The summed E-state index contributed by atoms with van der Waals surface area (Å²) in [6, 6.07) is 0. The van der Waals surface area contributed by atoms with Gasteiger partial charge in [0.1, 0.15) is 13.2 Å². The fraction of sp³-hybridized carbons (Fsp3) is 0.675. The lowest BCUT2D eigenvalue weighted by atomic mass is 10.1. The predicted molar refractivity (Wildman–Crippen MR) is 362 cm³/mol. The summed E-state index contributed by atoms with van der Waals surface area (Å²) in [5.74, 6) is -0.896. The highest BCUT2D eigenvalue weighted by molar-refractivity contribution is 5.71. The van der Waals surface area contributed by atoms with Crippen LogP contribution in [0.5, 0.6) is 0 Å². The van der Waals surface area contributed by atoms with Gasteiger partial charge in [0.2, 0.25) is 0 Å². The van der Waals surface area contributed by atoms with E-state index in [1.807, 2.05) is 0 Å². The van der Waals surface area contributed by atoms with E-state index >= 15 is 0 Å². The Balaban J connectivity index is 4.13. The lowest BCUT2D eigenvalue weighted by Crippen LogP contribution is -2.30. The monoisotopic (exact) mass is 1150 g/mol. The molecule has 0 aliphatic heterocycles. The van der Waals surface area contributed by atoms with Gasteiger partial charge in [-0.25, -0.2) is 0 Å². The second-order valence-electron chi connectivity index (χ2n) is 22.7. The van der Waals surface area contributed by atoms with E-state index < -0.39 is 6.10 Å². The molecular formula is C77H128O6. The lowest BCUT2D eigenvalue weighted by Gasteiger charge is -2.18. The fourth-order valence-corrected chi connectivity index (χ4v) is 9.47. The Bertz CT molecular complexity index is 1750. The van der Waals surface area contributed by atoms with Gasteiger partial charge < -0.3 is 14.2 Å². The first kappa shape index (κ1) is 78.5. The van der Waals surface area contributed by atoms with Gasteiger partial charge in [-0.3, -0.25) is 14.4 Å². The molecule has 0 aromatic carbocycles. The van der Waals surface area contributed by atoms with Gasteiger partial charge in [0, 0.05) is 19.3 Å². The van der Waals surface area contributed by atoms with E-state index in [1.54, 1.807) is 0 Å². The van der Waals surface area contributed by atoms with Crippen molar-refractivity contribution in [2.75, 3.05) is 13.2 Å². The van der Waals surface area contributed by atoms with Gasteiger partial charge in [-0.15, -0.1) is 0 Å². The van der Waals surface area contributed by atoms with Crippen LogP contribution in [0.4, 0.5) is 0 Å². The molecule has 0 aromatic rings. The van der Waals surface area contributed by atoms with Crippen LogP contribution < -0.4 is 0 Å². The van der Waals surface area contributed by atoms with E-state index in [1.165, 1.54) is 148 Å². The number of hydrogen-bond acceptors (Lipinski definition) is 6. The zero-order valence-electron chi connectivity index (χ0n) is 54.2. The third-order valence-corrected chi connectivity index (χ3v) is 14.6. The zero-order chi connectivity index (χ0) is 59.9. The van der Waals surface area contributed by atoms with Crippen molar-refractivity contribution in [2.45, 2.75) is 322 Å².